The van der Waals surface area contributed by atoms with Crippen LogP contribution >= 0.6 is 0 Å². The molecule has 4 heteroatoms. The number of nitrogens with two attached hydrogens (primary N) is 1. The van der Waals surface area contributed by atoms with E-state index in [9.17, 15) is 4.39 Å². The lowest BCUT2D eigenvalue weighted by Gasteiger charge is -2.24. The molecule has 1 aromatic rings. The highest BCUT2D eigenvalue weighted by molar-refractivity contribution is 5.69. The topological polar surface area (TPSA) is 47.3 Å². The molecule has 17 heavy (non-hydrogen) atoms. The van der Waals surface area contributed by atoms with Gasteiger partial charge in [0.2, 0.25) is 0 Å². The molecule has 3 N–H and O–H groups in total. The van der Waals surface area contributed by atoms with Gasteiger partial charge in [-0.3, -0.25) is 0 Å². The molecule has 0 saturated carbocycles. The molecular formula is C13H21FN2O. The summed E-state index contributed by atoms with van der Waals surface area (Å²) in [5.41, 5.74) is 6.70. The number of halogens is 1. The third-order valence-electron chi connectivity index (χ3n) is 1.98. The maximum Gasteiger partial charge on any atom is 0.167 e. The van der Waals surface area contributed by atoms with E-state index >= 15 is 0 Å². The van der Waals surface area contributed by atoms with E-state index < -0.39 is 5.82 Å². The maximum absolute atomic E-state index is 13.6. The first-order valence-corrected chi connectivity index (χ1v) is 5.73. The van der Waals surface area contributed by atoms with Crippen LogP contribution < -0.4 is 15.8 Å². The molecule has 0 bridgehead atoms. The summed E-state index contributed by atoms with van der Waals surface area (Å²) in [7, 11) is 0. The minimum Gasteiger partial charge on any atom is -0.488 e. The van der Waals surface area contributed by atoms with Crippen LogP contribution in [0.2, 0.25) is 0 Å². The molecule has 0 aliphatic heterocycles. The van der Waals surface area contributed by atoms with Crippen molar-refractivity contribution < 1.29 is 9.13 Å². The zero-order valence-electron chi connectivity index (χ0n) is 11.1. The van der Waals surface area contributed by atoms with Crippen molar-refractivity contribution in [3.05, 3.63) is 17.9 Å². The Morgan fingerprint density at radius 3 is 2.35 bits per heavy atom. The van der Waals surface area contributed by atoms with Crippen LogP contribution in [-0.2, 0) is 0 Å². The number of ether oxygens (including phenoxy) is 1. The molecule has 0 spiro atoms. The molecule has 0 saturated heterocycles. The van der Waals surface area contributed by atoms with Crippen LogP contribution in [0.3, 0.4) is 0 Å². The molecule has 0 aliphatic carbocycles. The number of hydrogen-bond donors (Lipinski definition) is 2. The molecule has 0 aliphatic rings. The Balaban J connectivity index is 3.06. The van der Waals surface area contributed by atoms with E-state index in [2.05, 4.69) is 5.32 Å². The standard InChI is InChI=1S/C13H21FN2O/c1-8(2)17-12-7-11(16-13(3,4)5)10(15)6-9(12)14/h6-8,16H,15H2,1-5H3. The summed E-state index contributed by atoms with van der Waals surface area (Å²) >= 11 is 0. The Morgan fingerprint density at radius 1 is 1.29 bits per heavy atom. The minimum atomic E-state index is -0.435. The van der Waals surface area contributed by atoms with Crippen LogP contribution in [0.1, 0.15) is 34.6 Å². The van der Waals surface area contributed by atoms with Gasteiger partial charge in [-0.05, 0) is 34.6 Å². The third-order valence-corrected chi connectivity index (χ3v) is 1.98. The van der Waals surface area contributed by atoms with Gasteiger partial charge < -0.3 is 15.8 Å². The van der Waals surface area contributed by atoms with Gasteiger partial charge in [0.25, 0.3) is 0 Å². The van der Waals surface area contributed by atoms with E-state index in [0.717, 1.165) is 0 Å². The van der Waals surface area contributed by atoms with Crippen LogP contribution in [0.5, 0.6) is 5.75 Å². The number of nitrogen functional groups attached to an aromatic ring is 1. The normalized spacial score (nSPS) is 11.7. The lowest BCUT2D eigenvalue weighted by Crippen LogP contribution is -2.26. The molecule has 96 valence electrons. The van der Waals surface area contributed by atoms with Gasteiger partial charge in [0.1, 0.15) is 0 Å². The van der Waals surface area contributed by atoms with Gasteiger partial charge in [0.15, 0.2) is 11.6 Å². The predicted molar refractivity (Wildman–Crippen MR) is 70.0 cm³/mol. The van der Waals surface area contributed by atoms with Crippen LogP contribution in [0, 0.1) is 5.82 Å². The van der Waals surface area contributed by atoms with Gasteiger partial charge in [-0.2, -0.15) is 0 Å². The van der Waals surface area contributed by atoms with Crippen LogP contribution in [0.25, 0.3) is 0 Å². The van der Waals surface area contributed by atoms with E-state index in [-0.39, 0.29) is 17.4 Å². The summed E-state index contributed by atoms with van der Waals surface area (Å²) < 4.78 is 19.0. The fourth-order valence-electron chi connectivity index (χ4n) is 1.43. The van der Waals surface area contributed by atoms with Crippen molar-refractivity contribution in [3.8, 4) is 5.75 Å². The summed E-state index contributed by atoms with van der Waals surface area (Å²) in [4.78, 5) is 0. The second-order valence-corrected chi connectivity index (χ2v) is 5.41. The second kappa shape index (κ2) is 4.82. The molecule has 0 amide bonds. The predicted octanol–water partition coefficient (Wildman–Crippen LogP) is 3.41. The van der Waals surface area contributed by atoms with E-state index in [1.165, 1.54) is 6.07 Å². The lowest BCUT2D eigenvalue weighted by molar-refractivity contribution is 0.231. The largest absolute Gasteiger partial charge is 0.488 e. The Bertz CT molecular complexity index is 397. The van der Waals surface area contributed by atoms with Crippen molar-refractivity contribution in [1.82, 2.24) is 0 Å². The smallest absolute Gasteiger partial charge is 0.167 e. The highest BCUT2D eigenvalue weighted by Gasteiger charge is 2.15. The molecule has 0 fully saturated rings. The number of nitrogens with one attached hydrogen (secondary N) is 1. The molecule has 0 heterocycles. The van der Waals surface area contributed by atoms with Crippen molar-refractivity contribution in [2.75, 3.05) is 11.1 Å². The van der Waals surface area contributed by atoms with E-state index in [1.807, 2.05) is 34.6 Å². The first kappa shape index (κ1) is 13.6. The third kappa shape index (κ3) is 4.13. The highest BCUT2D eigenvalue weighted by atomic mass is 19.1. The zero-order valence-corrected chi connectivity index (χ0v) is 11.1. The quantitative estimate of drug-likeness (QED) is 0.796. The SMILES string of the molecule is CC(C)Oc1cc(NC(C)(C)C)c(N)cc1F. The van der Waals surface area contributed by atoms with E-state index in [4.69, 9.17) is 10.5 Å². The number of benzene rings is 1. The maximum atomic E-state index is 13.6. The number of rotatable bonds is 3. The van der Waals surface area contributed by atoms with Gasteiger partial charge in [-0.15, -0.1) is 0 Å². The second-order valence-electron chi connectivity index (χ2n) is 5.41. The summed E-state index contributed by atoms with van der Waals surface area (Å²) in [5, 5.41) is 3.22. The Kier molecular flexibility index (Phi) is 3.86. The van der Waals surface area contributed by atoms with Crippen molar-refractivity contribution >= 4 is 11.4 Å². The zero-order chi connectivity index (χ0) is 13.2. The van der Waals surface area contributed by atoms with Crippen LogP contribution in [0.15, 0.2) is 12.1 Å². The average molecular weight is 240 g/mol. The van der Waals surface area contributed by atoms with Crippen molar-refractivity contribution in [3.63, 3.8) is 0 Å². The fourth-order valence-corrected chi connectivity index (χ4v) is 1.43. The fraction of sp³-hybridized carbons (Fsp3) is 0.538. The molecule has 3 nitrogen and oxygen atoms in total. The highest BCUT2D eigenvalue weighted by Crippen LogP contribution is 2.30. The van der Waals surface area contributed by atoms with Gasteiger partial charge >= 0.3 is 0 Å². The van der Waals surface area contributed by atoms with Gasteiger partial charge in [-0.1, -0.05) is 0 Å². The van der Waals surface area contributed by atoms with Crippen molar-refractivity contribution in [2.24, 2.45) is 0 Å². The van der Waals surface area contributed by atoms with Crippen molar-refractivity contribution in [2.45, 2.75) is 46.3 Å². The molecule has 1 rings (SSSR count). The first-order chi connectivity index (χ1) is 7.69. The molecule has 0 aromatic heterocycles. The Labute approximate surface area is 102 Å². The van der Waals surface area contributed by atoms with E-state index in [1.54, 1.807) is 6.07 Å². The summed E-state index contributed by atoms with van der Waals surface area (Å²) in [6.45, 7) is 9.75. The van der Waals surface area contributed by atoms with E-state index in [0.29, 0.717) is 11.4 Å². The number of anilines is 2. The lowest BCUT2D eigenvalue weighted by atomic mass is 10.1. The summed E-state index contributed by atoms with van der Waals surface area (Å²) in [6.07, 6.45) is -0.0735. The Hall–Kier alpha value is -1.45. The summed E-state index contributed by atoms with van der Waals surface area (Å²) in [5.74, 6) is -0.211. The van der Waals surface area contributed by atoms with Gasteiger partial charge in [0, 0.05) is 17.7 Å². The average Bonchev–Trinajstić information content (AvgIpc) is 2.10. The minimum absolute atomic E-state index is 0.0735. The monoisotopic (exact) mass is 240 g/mol. The summed E-state index contributed by atoms with van der Waals surface area (Å²) in [6, 6.07) is 2.89. The molecule has 0 radical (unpaired) electrons. The van der Waals surface area contributed by atoms with Crippen LogP contribution in [0.4, 0.5) is 15.8 Å². The molecule has 0 atom stereocenters. The Morgan fingerprint density at radius 2 is 1.88 bits per heavy atom. The molecule has 1 aromatic carbocycles. The number of hydrogen-bond acceptors (Lipinski definition) is 3. The van der Waals surface area contributed by atoms with Gasteiger partial charge in [0.05, 0.1) is 17.5 Å². The van der Waals surface area contributed by atoms with Crippen LogP contribution in [-0.4, -0.2) is 11.6 Å². The molecular weight excluding hydrogens is 219 g/mol. The van der Waals surface area contributed by atoms with Gasteiger partial charge in [-0.25, -0.2) is 4.39 Å². The molecule has 0 unspecified atom stereocenters. The first-order valence-electron chi connectivity index (χ1n) is 5.73. The van der Waals surface area contributed by atoms with Crippen molar-refractivity contribution in [1.29, 1.82) is 0 Å².